The van der Waals surface area contributed by atoms with Gasteiger partial charge in [0.2, 0.25) is 0 Å². The lowest BCUT2D eigenvalue weighted by Gasteiger charge is -2.05. The second-order valence-electron chi connectivity index (χ2n) is 5.30. The SMILES string of the molecule is Cc1c(N)cccc1N.Nc1ccc(Oc2ccc(N)cc2)cc1. The van der Waals surface area contributed by atoms with Crippen LogP contribution in [-0.4, -0.2) is 0 Å². The summed E-state index contributed by atoms with van der Waals surface area (Å²) in [4.78, 5) is 0. The molecule has 0 bridgehead atoms. The lowest BCUT2D eigenvalue weighted by Crippen LogP contribution is -1.94. The quantitative estimate of drug-likeness (QED) is 0.536. The van der Waals surface area contributed by atoms with Gasteiger partial charge in [0.15, 0.2) is 0 Å². The standard InChI is InChI=1S/C12H12N2O.C7H10N2/c13-9-1-5-11(6-2-9)15-12-7-3-10(14)4-8-12;1-5-6(8)3-2-4-7(5)9/h1-8H,13-14H2;2-4H,8-9H2,1H3. The molecule has 8 N–H and O–H groups in total. The molecule has 0 unspecified atom stereocenters. The number of rotatable bonds is 2. The topological polar surface area (TPSA) is 113 Å². The van der Waals surface area contributed by atoms with Crippen LogP contribution in [0.4, 0.5) is 22.7 Å². The maximum Gasteiger partial charge on any atom is 0.127 e. The Kier molecular flexibility index (Phi) is 5.52. The zero-order valence-electron chi connectivity index (χ0n) is 13.6. The first-order chi connectivity index (χ1) is 11.5. The highest BCUT2D eigenvalue weighted by molar-refractivity contribution is 5.60. The molecule has 0 aliphatic rings. The molecule has 0 spiro atoms. The number of nitrogen functional groups attached to an aromatic ring is 4. The summed E-state index contributed by atoms with van der Waals surface area (Å²) >= 11 is 0. The third-order valence-corrected chi connectivity index (χ3v) is 3.41. The van der Waals surface area contributed by atoms with E-state index in [1.807, 2.05) is 49.4 Å². The van der Waals surface area contributed by atoms with Crippen molar-refractivity contribution in [3.8, 4) is 11.5 Å². The Morgan fingerprint density at radius 1 is 0.583 bits per heavy atom. The van der Waals surface area contributed by atoms with Gasteiger partial charge >= 0.3 is 0 Å². The zero-order valence-corrected chi connectivity index (χ0v) is 13.6. The molecule has 0 saturated heterocycles. The molecular formula is C19H22N4O. The molecule has 124 valence electrons. The predicted molar refractivity (Wildman–Crippen MR) is 102 cm³/mol. The molecule has 24 heavy (non-hydrogen) atoms. The molecule has 5 nitrogen and oxygen atoms in total. The Morgan fingerprint density at radius 3 is 1.29 bits per heavy atom. The van der Waals surface area contributed by atoms with E-state index in [4.69, 9.17) is 27.7 Å². The average Bonchev–Trinajstić information content (AvgIpc) is 2.57. The number of anilines is 4. The highest BCUT2D eigenvalue weighted by Gasteiger charge is 1.96. The van der Waals surface area contributed by atoms with Crippen molar-refractivity contribution in [2.24, 2.45) is 0 Å². The molecule has 0 atom stereocenters. The van der Waals surface area contributed by atoms with Crippen molar-refractivity contribution in [1.29, 1.82) is 0 Å². The summed E-state index contributed by atoms with van der Waals surface area (Å²) in [6, 6.07) is 20.0. The van der Waals surface area contributed by atoms with E-state index in [2.05, 4.69) is 0 Å². The van der Waals surface area contributed by atoms with E-state index in [1.165, 1.54) is 0 Å². The predicted octanol–water partition coefficient (Wildman–Crippen LogP) is 3.80. The van der Waals surface area contributed by atoms with Crippen molar-refractivity contribution in [2.75, 3.05) is 22.9 Å². The van der Waals surface area contributed by atoms with Crippen molar-refractivity contribution in [2.45, 2.75) is 6.92 Å². The molecular weight excluding hydrogens is 300 g/mol. The lowest BCUT2D eigenvalue weighted by atomic mass is 10.2. The summed E-state index contributed by atoms with van der Waals surface area (Å²) in [5.74, 6) is 1.52. The van der Waals surface area contributed by atoms with Crippen LogP contribution >= 0.6 is 0 Å². The fourth-order valence-electron chi connectivity index (χ4n) is 1.88. The van der Waals surface area contributed by atoms with Gasteiger partial charge in [0, 0.05) is 22.7 Å². The van der Waals surface area contributed by atoms with Gasteiger partial charge in [-0.25, -0.2) is 0 Å². The Labute approximate surface area is 141 Å². The molecule has 0 amide bonds. The molecule has 0 fully saturated rings. The Hall–Kier alpha value is -3.34. The minimum absolute atomic E-state index is 0.722. The average molecular weight is 322 g/mol. The van der Waals surface area contributed by atoms with Gasteiger partial charge < -0.3 is 27.7 Å². The van der Waals surface area contributed by atoms with Gasteiger partial charge in [0.25, 0.3) is 0 Å². The molecule has 0 aliphatic heterocycles. The fraction of sp³-hybridized carbons (Fsp3) is 0.0526. The van der Waals surface area contributed by atoms with Crippen LogP contribution in [0.3, 0.4) is 0 Å². The highest BCUT2D eigenvalue weighted by Crippen LogP contribution is 2.22. The van der Waals surface area contributed by atoms with Gasteiger partial charge in [-0.3, -0.25) is 0 Å². The first-order valence-corrected chi connectivity index (χ1v) is 7.45. The maximum absolute atomic E-state index is 5.58. The normalized spacial score (nSPS) is 9.71. The van der Waals surface area contributed by atoms with Crippen LogP contribution in [0.5, 0.6) is 11.5 Å². The van der Waals surface area contributed by atoms with Crippen LogP contribution in [0, 0.1) is 6.92 Å². The largest absolute Gasteiger partial charge is 0.457 e. The molecule has 5 heteroatoms. The molecule has 0 heterocycles. The van der Waals surface area contributed by atoms with Crippen molar-refractivity contribution < 1.29 is 4.74 Å². The fourth-order valence-corrected chi connectivity index (χ4v) is 1.88. The van der Waals surface area contributed by atoms with Crippen LogP contribution in [0.25, 0.3) is 0 Å². The Morgan fingerprint density at radius 2 is 0.958 bits per heavy atom. The van der Waals surface area contributed by atoms with E-state index in [0.717, 1.165) is 39.8 Å². The number of hydrogen-bond donors (Lipinski definition) is 4. The summed E-state index contributed by atoms with van der Waals surface area (Å²) in [5.41, 5.74) is 26.1. The zero-order chi connectivity index (χ0) is 17.5. The minimum Gasteiger partial charge on any atom is -0.457 e. The Balaban J connectivity index is 0.000000198. The number of hydrogen-bond acceptors (Lipinski definition) is 5. The van der Waals surface area contributed by atoms with E-state index >= 15 is 0 Å². The maximum atomic E-state index is 5.58. The van der Waals surface area contributed by atoms with Crippen molar-refractivity contribution in [3.63, 3.8) is 0 Å². The minimum atomic E-state index is 0.722. The van der Waals surface area contributed by atoms with Crippen molar-refractivity contribution in [1.82, 2.24) is 0 Å². The second-order valence-corrected chi connectivity index (χ2v) is 5.30. The van der Waals surface area contributed by atoms with E-state index in [0.29, 0.717) is 0 Å². The molecule has 0 aromatic heterocycles. The molecule has 0 radical (unpaired) electrons. The van der Waals surface area contributed by atoms with Crippen molar-refractivity contribution in [3.05, 3.63) is 72.3 Å². The van der Waals surface area contributed by atoms with Gasteiger partial charge in [0.05, 0.1) is 0 Å². The van der Waals surface area contributed by atoms with Crippen LogP contribution < -0.4 is 27.7 Å². The third kappa shape index (κ3) is 4.84. The summed E-state index contributed by atoms with van der Waals surface area (Å²) in [6.45, 7) is 1.91. The number of ether oxygens (including phenoxy) is 1. The summed E-state index contributed by atoms with van der Waals surface area (Å²) in [6.07, 6.45) is 0. The van der Waals surface area contributed by atoms with Crippen LogP contribution in [0.2, 0.25) is 0 Å². The summed E-state index contributed by atoms with van der Waals surface area (Å²) < 4.78 is 5.58. The first kappa shape index (κ1) is 17.0. The van der Waals surface area contributed by atoms with Crippen LogP contribution in [0.15, 0.2) is 66.7 Å². The molecule has 3 aromatic carbocycles. The van der Waals surface area contributed by atoms with E-state index in [-0.39, 0.29) is 0 Å². The number of nitrogens with two attached hydrogens (primary N) is 4. The third-order valence-electron chi connectivity index (χ3n) is 3.41. The van der Waals surface area contributed by atoms with Crippen LogP contribution in [0.1, 0.15) is 5.56 Å². The lowest BCUT2D eigenvalue weighted by molar-refractivity contribution is 0.483. The molecule has 3 rings (SSSR count). The van der Waals surface area contributed by atoms with E-state index in [1.54, 1.807) is 24.3 Å². The number of benzene rings is 3. The first-order valence-electron chi connectivity index (χ1n) is 7.45. The highest BCUT2D eigenvalue weighted by atomic mass is 16.5. The van der Waals surface area contributed by atoms with Crippen molar-refractivity contribution >= 4 is 22.7 Å². The van der Waals surface area contributed by atoms with Gasteiger partial charge in [-0.15, -0.1) is 0 Å². The molecule has 0 aliphatic carbocycles. The van der Waals surface area contributed by atoms with Gasteiger partial charge in [-0.1, -0.05) is 6.07 Å². The summed E-state index contributed by atoms with van der Waals surface area (Å²) in [7, 11) is 0. The second kappa shape index (κ2) is 7.78. The Bertz CT molecular complexity index is 720. The molecule has 0 saturated carbocycles. The van der Waals surface area contributed by atoms with E-state index < -0.39 is 0 Å². The van der Waals surface area contributed by atoms with Crippen LogP contribution in [-0.2, 0) is 0 Å². The van der Waals surface area contributed by atoms with E-state index in [9.17, 15) is 0 Å². The molecule has 3 aromatic rings. The smallest absolute Gasteiger partial charge is 0.127 e. The van der Waals surface area contributed by atoms with Gasteiger partial charge in [0.1, 0.15) is 11.5 Å². The summed E-state index contributed by atoms with van der Waals surface area (Å²) in [5, 5.41) is 0. The monoisotopic (exact) mass is 322 g/mol. The van der Waals surface area contributed by atoms with Gasteiger partial charge in [-0.05, 0) is 73.2 Å². The van der Waals surface area contributed by atoms with Gasteiger partial charge in [-0.2, -0.15) is 0 Å².